The highest BCUT2D eigenvalue weighted by Gasteiger charge is 2.43. The van der Waals surface area contributed by atoms with Gasteiger partial charge in [0.05, 0.1) is 5.56 Å². The molecule has 4 rings (SSSR count). The molecule has 180 valence electrons. The number of aromatic amines is 2. The van der Waals surface area contributed by atoms with Gasteiger partial charge in [0.15, 0.2) is 0 Å². The quantitative estimate of drug-likeness (QED) is 0.559. The van der Waals surface area contributed by atoms with E-state index in [1.54, 1.807) is 23.6 Å². The summed E-state index contributed by atoms with van der Waals surface area (Å²) in [5, 5.41) is 2.77. The predicted octanol–water partition coefficient (Wildman–Crippen LogP) is -0.343. The second kappa shape index (κ2) is 8.68. The van der Waals surface area contributed by atoms with Crippen LogP contribution in [0.2, 0.25) is 0 Å². The maximum absolute atomic E-state index is 12.8. The Morgan fingerprint density at radius 1 is 1.00 bits per heavy atom. The highest BCUT2D eigenvalue weighted by molar-refractivity contribution is 5.92. The molecule has 0 radical (unpaired) electrons. The van der Waals surface area contributed by atoms with E-state index in [1.165, 1.54) is 0 Å². The Bertz CT molecular complexity index is 1080. The van der Waals surface area contributed by atoms with E-state index >= 15 is 0 Å². The number of aromatic nitrogens is 2. The number of hydrogen-bond acceptors (Lipinski definition) is 6. The number of carbonyl (C=O) groups excluding carboxylic acids is 3. The lowest BCUT2D eigenvalue weighted by molar-refractivity contribution is -0.149. The first-order valence-electron chi connectivity index (χ1n) is 11.5. The van der Waals surface area contributed by atoms with Crippen LogP contribution in [0.15, 0.2) is 9.59 Å². The van der Waals surface area contributed by atoms with E-state index in [-0.39, 0.29) is 36.4 Å². The van der Waals surface area contributed by atoms with Crippen LogP contribution in [0.4, 0.5) is 0 Å². The molecule has 3 amide bonds. The summed E-state index contributed by atoms with van der Waals surface area (Å²) < 4.78 is 6.02. The molecule has 0 aliphatic carbocycles. The molecule has 0 unspecified atom stereocenters. The average Bonchev–Trinajstić information content (AvgIpc) is 2.97. The van der Waals surface area contributed by atoms with Crippen molar-refractivity contribution < 1.29 is 19.1 Å². The van der Waals surface area contributed by atoms with E-state index in [9.17, 15) is 24.0 Å². The molecule has 1 atom stereocenters. The van der Waals surface area contributed by atoms with E-state index < -0.39 is 22.4 Å². The number of hydrogen-bond donors (Lipinski definition) is 3. The fourth-order valence-electron chi connectivity index (χ4n) is 5.03. The second-order valence-electron chi connectivity index (χ2n) is 9.63. The smallest absolute Gasteiger partial charge is 0.328 e. The van der Waals surface area contributed by atoms with Crippen molar-refractivity contribution in [2.75, 3.05) is 26.2 Å². The lowest BCUT2D eigenvalue weighted by Gasteiger charge is -2.41. The van der Waals surface area contributed by atoms with Crippen LogP contribution < -0.4 is 21.3 Å². The molecule has 11 nitrogen and oxygen atoms in total. The van der Waals surface area contributed by atoms with Gasteiger partial charge in [0.1, 0.15) is 11.1 Å². The highest BCUT2D eigenvalue weighted by atomic mass is 16.5. The van der Waals surface area contributed by atoms with E-state index in [4.69, 9.17) is 4.74 Å². The molecule has 1 aromatic heterocycles. The second-order valence-corrected chi connectivity index (χ2v) is 9.63. The van der Waals surface area contributed by atoms with Gasteiger partial charge in [-0.25, -0.2) is 4.79 Å². The third-order valence-electron chi connectivity index (χ3n) is 7.00. The van der Waals surface area contributed by atoms with Crippen molar-refractivity contribution in [3.05, 3.63) is 26.4 Å². The van der Waals surface area contributed by atoms with Crippen molar-refractivity contribution in [2.24, 2.45) is 0 Å². The third-order valence-corrected chi connectivity index (χ3v) is 7.00. The highest BCUT2D eigenvalue weighted by Crippen LogP contribution is 2.37. The molecule has 0 bridgehead atoms. The molecular formula is C22H31N5O6. The lowest BCUT2D eigenvalue weighted by Crippen LogP contribution is -2.63. The number of fused-ring (bicyclic) bond motifs is 1. The summed E-state index contributed by atoms with van der Waals surface area (Å²) in [6.45, 7) is 5.43. The van der Waals surface area contributed by atoms with Gasteiger partial charge in [-0.05, 0) is 33.1 Å². The van der Waals surface area contributed by atoms with E-state index in [0.29, 0.717) is 57.4 Å². The number of nitrogens with one attached hydrogen (secondary N) is 3. The van der Waals surface area contributed by atoms with Crippen molar-refractivity contribution in [1.29, 1.82) is 0 Å². The third kappa shape index (κ3) is 4.53. The minimum absolute atomic E-state index is 0.0164. The number of piperazine rings is 1. The Labute approximate surface area is 190 Å². The Morgan fingerprint density at radius 2 is 1.76 bits per heavy atom. The first-order valence-corrected chi connectivity index (χ1v) is 11.5. The molecule has 3 N–H and O–H groups in total. The molecular weight excluding hydrogens is 430 g/mol. The molecule has 2 saturated heterocycles. The summed E-state index contributed by atoms with van der Waals surface area (Å²) in [4.78, 5) is 69.3. The Morgan fingerprint density at radius 3 is 2.55 bits per heavy atom. The van der Waals surface area contributed by atoms with Crippen molar-refractivity contribution in [2.45, 2.75) is 69.9 Å². The minimum atomic E-state index is -0.886. The van der Waals surface area contributed by atoms with Crippen molar-refractivity contribution in [3.63, 3.8) is 0 Å². The van der Waals surface area contributed by atoms with Crippen LogP contribution in [0.1, 0.15) is 57.9 Å². The monoisotopic (exact) mass is 461 g/mol. The lowest BCUT2D eigenvalue weighted by atomic mass is 9.90. The number of ether oxygens (including phenoxy) is 1. The summed E-state index contributed by atoms with van der Waals surface area (Å²) in [7, 11) is 0. The van der Waals surface area contributed by atoms with E-state index in [0.717, 1.165) is 6.42 Å². The molecule has 1 aromatic rings. The zero-order valence-electron chi connectivity index (χ0n) is 19.1. The Kier molecular flexibility index (Phi) is 6.06. The number of rotatable bonds is 4. The Balaban J connectivity index is 1.29. The zero-order valence-corrected chi connectivity index (χ0v) is 19.1. The van der Waals surface area contributed by atoms with Crippen molar-refractivity contribution >= 4 is 17.7 Å². The molecule has 2 fully saturated rings. The Hall–Kier alpha value is -3.11. The standard InChI is InChI=1S/C22H31N5O6/c1-21(2)19(31)23-9-12-27(21)16(29)6-3-5-15(28)26-10-4-7-22(8-11-26)13-14-17(30)24-20(32)25-18(14)33-22/h3-13H2,1-2H3,(H,23,31)(H2,24,25,30,32)/t22-/m0/s1. The van der Waals surface area contributed by atoms with Gasteiger partial charge >= 0.3 is 5.69 Å². The molecule has 3 aliphatic rings. The van der Waals surface area contributed by atoms with Gasteiger partial charge in [0.2, 0.25) is 23.6 Å². The number of H-pyrrole nitrogens is 2. The van der Waals surface area contributed by atoms with Crippen LogP contribution in [-0.4, -0.2) is 74.8 Å². The minimum Gasteiger partial charge on any atom is -0.471 e. The molecule has 11 heteroatoms. The first-order chi connectivity index (χ1) is 15.6. The SMILES string of the molecule is CC1(C)C(=O)NCCN1C(=O)CCCC(=O)N1CCC[C@]2(CC1)Cc1c([nH]c(=O)[nH]c1=O)O2. The van der Waals surface area contributed by atoms with Gasteiger partial charge in [-0.2, -0.15) is 0 Å². The fourth-order valence-corrected chi connectivity index (χ4v) is 5.03. The fraction of sp³-hybridized carbons (Fsp3) is 0.682. The summed E-state index contributed by atoms with van der Waals surface area (Å²) in [6.07, 6.45) is 3.26. The van der Waals surface area contributed by atoms with Crippen LogP contribution in [0.3, 0.4) is 0 Å². The van der Waals surface area contributed by atoms with Crippen LogP contribution in [0.25, 0.3) is 0 Å². The summed E-state index contributed by atoms with van der Waals surface area (Å²) >= 11 is 0. The predicted molar refractivity (Wildman–Crippen MR) is 118 cm³/mol. The van der Waals surface area contributed by atoms with Crippen LogP contribution in [-0.2, 0) is 20.8 Å². The molecule has 0 saturated carbocycles. The average molecular weight is 462 g/mol. The van der Waals surface area contributed by atoms with Gasteiger partial charge in [0, 0.05) is 51.9 Å². The van der Waals surface area contributed by atoms with Gasteiger partial charge in [-0.1, -0.05) is 0 Å². The summed E-state index contributed by atoms with van der Waals surface area (Å²) in [6, 6.07) is 0. The summed E-state index contributed by atoms with van der Waals surface area (Å²) in [5.74, 6) is -0.0681. The van der Waals surface area contributed by atoms with Crippen molar-refractivity contribution in [3.8, 4) is 5.88 Å². The number of amides is 3. The largest absolute Gasteiger partial charge is 0.471 e. The van der Waals surface area contributed by atoms with Gasteiger partial charge in [-0.15, -0.1) is 0 Å². The number of likely N-dealkylation sites (tertiary alicyclic amines) is 1. The zero-order chi connectivity index (χ0) is 23.8. The molecule has 0 aromatic carbocycles. The maximum atomic E-state index is 12.8. The van der Waals surface area contributed by atoms with Crippen LogP contribution in [0, 0.1) is 0 Å². The van der Waals surface area contributed by atoms with Crippen molar-refractivity contribution in [1.82, 2.24) is 25.1 Å². The molecule has 1 spiro atoms. The van der Waals surface area contributed by atoms with Gasteiger partial charge in [-0.3, -0.25) is 29.1 Å². The normalized spacial score (nSPS) is 24.1. The molecule has 3 aliphatic heterocycles. The van der Waals surface area contributed by atoms with E-state index in [2.05, 4.69) is 15.3 Å². The first kappa shape index (κ1) is 23.1. The van der Waals surface area contributed by atoms with Crippen LogP contribution in [0.5, 0.6) is 5.88 Å². The number of carbonyl (C=O) groups is 3. The maximum Gasteiger partial charge on any atom is 0.328 e. The van der Waals surface area contributed by atoms with Crippen LogP contribution >= 0.6 is 0 Å². The number of nitrogens with zero attached hydrogens (tertiary/aromatic N) is 2. The summed E-state index contributed by atoms with van der Waals surface area (Å²) in [5.41, 5.74) is -2.05. The topological polar surface area (TPSA) is 145 Å². The van der Waals surface area contributed by atoms with Gasteiger partial charge in [0.25, 0.3) is 5.56 Å². The molecule has 4 heterocycles. The molecule has 33 heavy (non-hydrogen) atoms. The van der Waals surface area contributed by atoms with E-state index in [1.807, 2.05) is 0 Å². The van der Waals surface area contributed by atoms with Gasteiger partial charge < -0.3 is 19.9 Å².